The minimum absolute atomic E-state index is 0.0547. The Balaban J connectivity index is 2.73. The molecular weight excluding hydrogens is 238 g/mol. The molecule has 1 N–H and O–H groups in total. The van der Waals surface area contributed by atoms with Gasteiger partial charge in [-0.15, -0.1) is 0 Å². The van der Waals surface area contributed by atoms with Crippen LogP contribution in [0.4, 0.5) is 5.69 Å². The predicted molar refractivity (Wildman–Crippen MR) is 76.8 cm³/mol. The van der Waals surface area contributed by atoms with E-state index in [1.54, 1.807) is 24.3 Å². The van der Waals surface area contributed by atoms with Crippen molar-refractivity contribution in [3.05, 3.63) is 29.8 Å². The summed E-state index contributed by atoms with van der Waals surface area (Å²) in [6.07, 6.45) is 0. The lowest BCUT2D eigenvalue weighted by Gasteiger charge is -2.34. The van der Waals surface area contributed by atoms with Crippen molar-refractivity contribution in [1.82, 2.24) is 4.90 Å². The summed E-state index contributed by atoms with van der Waals surface area (Å²) in [4.78, 5) is 14.1. The van der Waals surface area contributed by atoms with E-state index < -0.39 is 0 Å². The number of carbonyl (C=O) groups excluding carboxylic acids is 1. The van der Waals surface area contributed by atoms with Crippen LogP contribution in [0.3, 0.4) is 0 Å². The zero-order valence-corrected chi connectivity index (χ0v) is 12.0. The predicted octanol–water partition coefficient (Wildman–Crippen LogP) is 2.62. The normalized spacial score (nSPS) is 11.2. The van der Waals surface area contributed by atoms with Gasteiger partial charge in [-0.3, -0.25) is 9.69 Å². The number of likely N-dealkylation sites (N-methyl/N-ethyl adjacent to an activating group) is 1. The van der Waals surface area contributed by atoms with Gasteiger partial charge in [0.25, 0.3) is 0 Å². The molecule has 0 aliphatic heterocycles. The Labute approximate surface area is 115 Å². The van der Waals surface area contributed by atoms with Crippen LogP contribution in [0, 0.1) is 11.3 Å². The van der Waals surface area contributed by atoms with Crippen molar-refractivity contribution in [2.24, 2.45) is 0 Å². The highest BCUT2D eigenvalue weighted by molar-refractivity contribution is 5.93. The fourth-order valence-electron chi connectivity index (χ4n) is 1.88. The van der Waals surface area contributed by atoms with Crippen LogP contribution in [0.5, 0.6) is 0 Å². The van der Waals surface area contributed by atoms with Gasteiger partial charge in [-0.25, -0.2) is 0 Å². The van der Waals surface area contributed by atoms with E-state index in [1.165, 1.54) is 0 Å². The van der Waals surface area contributed by atoms with Crippen LogP contribution in [-0.2, 0) is 4.79 Å². The molecule has 0 saturated carbocycles. The summed E-state index contributed by atoms with van der Waals surface area (Å²) in [6.45, 7) is 9.38. The molecule has 0 fully saturated rings. The fraction of sp³-hybridized carbons (Fsp3) is 0.467. The zero-order valence-electron chi connectivity index (χ0n) is 12.0. The average Bonchev–Trinajstić information content (AvgIpc) is 2.35. The molecule has 1 rings (SSSR count). The number of benzene rings is 1. The summed E-state index contributed by atoms with van der Waals surface area (Å²) in [6, 6.07) is 9.08. The van der Waals surface area contributed by atoms with Crippen LogP contribution >= 0.6 is 0 Å². The highest BCUT2D eigenvalue weighted by Crippen LogP contribution is 2.15. The average molecular weight is 259 g/mol. The van der Waals surface area contributed by atoms with Gasteiger partial charge in [-0.1, -0.05) is 19.1 Å². The molecule has 0 radical (unpaired) electrons. The van der Waals surface area contributed by atoms with Crippen molar-refractivity contribution >= 4 is 11.6 Å². The van der Waals surface area contributed by atoms with Crippen LogP contribution in [0.25, 0.3) is 0 Å². The number of hydrogen-bond acceptors (Lipinski definition) is 3. The van der Waals surface area contributed by atoms with Crippen LogP contribution in [0.15, 0.2) is 24.3 Å². The largest absolute Gasteiger partial charge is 0.324 e. The second-order valence-corrected chi connectivity index (χ2v) is 5.39. The van der Waals surface area contributed by atoms with Gasteiger partial charge >= 0.3 is 0 Å². The summed E-state index contributed by atoms with van der Waals surface area (Å²) in [5.74, 6) is -0.0977. The molecule has 0 aliphatic carbocycles. The third kappa shape index (κ3) is 4.38. The summed E-state index contributed by atoms with van der Waals surface area (Å²) >= 11 is 0. The molecule has 102 valence electrons. The Hall–Kier alpha value is -1.86. The molecule has 0 spiro atoms. The Morgan fingerprint density at radius 3 is 2.53 bits per heavy atom. The zero-order chi connectivity index (χ0) is 14.5. The monoisotopic (exact) mass is 259 g/mol. The highest BCUT2D eigenvalue weighted by Gasteiger charge is 2.22. The molecular formula is C15H21N3O. The maximum atomic E-state index is 12.0. The lowest BCUT2D eigenvalue weighted by Crippen LogP contribution is -2.45. The third-order valence-corrected chi connectivity index (χ3v) is 2.99. The van der Waals surface area contributed by atoms with Gasteiger partial charge < -0.3 is 5.32 Å². The first kappa shape index (κ1) is 15.2. The van der Waals surface area contributed by atoms with E-state index in [0.29, 0.717) is 17.8 Å². The lowest BCUT2D eigenvalue weighted by atomic mass is 10.1. The SMILES string of the molecule is CCN(CC(=O)Nc1ccccc1C#N)C(C)(C)C. The van der Waals surface area contributed by atoms with Crippen LogP contribution in [-0.4, -0.2) is 29.4 Å². The van der Waals surface area contributed by atoms with Crippen molar-refractivity contribution in [3.8, 4) is 6.07 Å². The van der Waals surface area contributed by atoms with Crippen LogP contribution < -0.4 is 5.32 Å². The summed E-state index contributed by atoms with van der Waals surface area (Å²) in [7, 11) is 0. The summed E-state index contributed by atoms with van der Waals surface area (Å²) < 4.78 is 0. The molecule has 0 aromatic heterocycles. The lowest BCUT2D eigenvalue weighted by molar-refractivity contribution is -0.118. The molecule has 4 heteroatoms. The summed E-state index contributed by atoms with van der Waals surface area (Å²) in [5.41, 5.74) is 0.996. The van der Waals surface area contributed by atoms with Crippen LogP contribution in [0.1, 0.15) is 33.3 Å². The number of nitrogens with zero attached hydrogens (tertiary/aromatic N) is 2. The van der Waals surface area contributed by atoms with Gasteiger partial charge in [0.05, 0.1) is 17.8 Å². The number of rotatable bonds is 4. The van der Waals surface area contributed by atoms with Gasteiger partial charge in [0.1, 0.15) is 6.07 Å². The van der Waals surface area contributed by atoms with Gasteiger partial charge in [0.15, 0.2) is 0 Å². The van der Waals surface area contributed by atoms with Crippen molar-refractivity contribution in [3.63, 3.8) is 0 Å². The molecule has 19 heavy (non-hydrogen) atoms. The maximum Gasteiger partial charge on any atom is 0.238 e. The molecule has 0 atom stereocenters. The molecule has 0 unspecified atom stereocenters. The van der Waals surface area contributed by atoms with E-state index >= 15 is 0 Å². The van der Waals surface area contributed by atoms with Crippen molar-refractivity contribution < 1.29 is 4.79 Å². The van der Waals surface area contributed by atoms with E-state index in [2.05, 4.69) is 37.1 Å². The van der Waals surface area contributed by atoms with Crippen molar-refractivity contribution in [1.29, 1.82) is 5.26 Å². The number of hydrogen-bond donors (Lipinski definition) is 1. The maximum absolute atomic E-state index is 12.0. The first-order valence-electron chi connectivity index (χ1n) is 6.42. The fourth-order valence-corrected chi connectivity index (χ4v) is 1.88. The minimum atomic E-state index is -0.0977. The Kier molecular flexibility index (Phi) is 5.08. The highest BCUT2D eigenvalue weighted by atomic mass is 16.2. The molecule has 1 aromatic carbocycles. The standard InChI is InChI=1S/C15H21N3O/c1-5-18(15(2,3)4)11-14(19)17-13-9-7-6-8-12(13)10-16/h6-9H,5,11H2,1-4H3,(H,17,19). The molecule has 1 aromatic rings. The minimum Gasteiger partial charge on any atom is -0.324 e. The third-order valence-electron chi connectivity index (χ3n) is 2.99. The van der Waals surface area contributed by atoms with E-state index in [9.17, 15) is 4.79 Å². The number of nitrogens with one attached hydrogen (secondary N) is 1. The molecule has 4 nitrogen and oxygen atoms in total. The molecule has 1 amide bonds. The van der Waals surface area contributed by atoms with E-state index in [0.717, 1.165) is 6.54 Å². The number of para-hydroxylation sites is 1. The molecule has 0 saturated heterocycles. The quantitative estimate of drug-likeness (QED) is 0.904. The van der Waals surface area contributed by atoms with E-state index in [-0.39, 0.29) is 11.4 Å². The second kappa shape index (κ2) is 6.35. The van der Waals surface area contributed by atoms with E-state index in [4.69, 9.17) is 5.26 Å². The number of carbonyl (C=O) groups is 1. The smallest absolute Gasteiger partial charge is 0.238 e. The Bertz CT molecular complexity index is 483. The van der Waals surface area contributed by atoms with Crippen LogP contribution in [0.2, 0.25) is 0 Å². The van der Waals surface area contributed by atoms with Gasteiger partial charge in [0, 0.05) is 5.54 Å². The van der Waals surface area contributed by atoms with Crippen molar-refractivity contribution in [2.75, 3.05) is 18.4 Å². The first-order chi connectivity index (χ1) is 8.88. The molecule has 0 aliphatic rings. The first-order valence-corrected chi connectivity index (χ1v) is 6.42. The van der Waals surface area contributed by atoms with Crippen molar-refractivity contribution in [2.45, 2.75) is 33.2 Å². The number of anilines is 1. The summed E-state index contributed by atoms with van der Waals surface area (Å²) in [5, 5.41) is 11.8. The Morgan fingerprint density at radius 2 is 2.00 bits per heavy atom. The second-order valence-electron chi connectivity index (χ2n) is 5.39. The van der Waals surface area contributed by atoms with E-state index in [1.807, 2.05) is 6.92 Å². The topological polar surface area (TPSA) is 56.1 Å². The molecule has 0 bridgehead atoms. The van der Waals surface area contributed by atoms with Gasteiger partial charge in [0.2, 0.25) is 5.91 Å². The Morgan fingerprint density at radius 1 is 1.37 bits per heavy atom. The molecule has 0 heterocycles. The van der Waals surface area contributed by atoms with Gasteiger partial charge in [-0.05, 0) is 39.4 Å². The van der Waals surface area contributed by atoms with Gasteiger partial charge in [-0.2, -0.15) is 5.26 Å². The number of amides is 1. The number of nitriles is 1.